The smallest absolute Gasteiger partial charge is 0.255 e. The monoisotopic (exact) mass is 493 g/mol. The van der Waals surface area contributed by atoms with Gasteiger partial charge < -0.3 is 15.4 Å². The van der Waals surface area contributed by atoms with E-state index in [4.69, 9.17) is 4.74 Å². The van der Waals surface area contributed by atoms with E-state index in [0.29, 0.717) is 22.1 Å². The number of nitrogens with zero attached hydrogens (tertiary/aromatic N) is 1. The number of ether oxygens (including phenoxy) is 1. The van der Waals surface area contributed by atoms with Crippen LogP contribution in [0.4, 0.5) is 15.2 Å². The second-order valence-corrected chi connectivity index (χ2v) is 8.97. The molecule has 9 heteroatoms. The molecule has 1 aromatic heterocycles. The van der Waals surface area contributed by atoms with Crippen molar-refractivity contribution in [3.63, 3.8) is 0 Å². The lowest BCUT2D eigenvalue weighted by atomic mass is 10.1. The molecule has 4 rings (SSSR count). The summed E-state index contributed by atoms with van der Waals surface area (Å²) in [5.74, 6) is -0.0327. The largest absolute Gasteiger partial charge is 0.496 e. The second kappa shape index (κ2) is 11.0. The minimum atomic E-state index is -0.401. The van der Waals surface area contributed by atoms with Crippen molar-refractivity contribution in [3.8, 4) is 17.0 Å². The number of anilines is 2. The van der Waals surface area contributed by atoms with Crippen LogP contribution < -0.4 is 15.4 Å². The first-order valence-corrected chi connectivity index (χ1v) is 12.1. The fourth-order valence-corrected chi connectivity index (χ4v) is 4.57. The summed E-state index contributed by atoms with van der Waals surface area (Å²) in [6.07, 6.45) is 0. The molecule has 0 fully saturated rings. The van der Waals surface area contributed by atoms with E-state index in [1.165, 1.54) is 47.4 Å². The van der Waals surface area contributed by atoms with Gasteiger partial charge in [0.25, 0.3) is 5.91 Å². The minimum absolute atomic E-state index is 0.179. The Balaban J connectivity index is 1.32. The summed E-state index contributed by atoms with van der Waals surface area (Å²) in [6.45, 7) is 0. The van der Waals surface area contributed by atoms with E-state index in [1.54, 1.807) is 25.3 Å². The Hall–Kier alpha value is -3.69. The normalized spacial score (nSPS) is 10.5. The van der Waals surface area contributed by atoms with Gasteiger partial charge in [-0.15, -0.1) is 23.1 Å². The fourth-order valence-electron chi connectivity index (χ4n) is 3.08. The predicted octanol–water partition coefficient (Wildman–Crippen LogP) is 5.94. The molecule has 2 amide bonds. The quantitative estimate of drug-likeness (QED) is 0.297. The van der Waals surface area contributed by atoms with Crippen LogP contribution in [0, 0.1) is 5.82 Å². The standard InChI is InChI=1S/C25H20FN3O3S2/c1-32-22-8-3-2-7-20(22)21-14-34-25(28-21)29-23(30)15-33-19-6-4-5-18(13-19)27-24(31)16-9-11-17(26)12-10-16/h2-14H,15H2,1H3,(H,27,31)(H,28,29,30). The van der Waals surface area contributed by atoms with Crippen molar-refractivity contribution in [2.24, 2.45) is 0 Å². The van der Waals surface area contributed by atoms with Gasteiger partial charge in [-0.1, -0.05) is 18.2 Å². The SMILES string of the molecule is COc1ccccc1-c1csc(NC(=O)CSc2cccc(NC(=O)c3ccc(F)cc3)c2)n1. The van der Waals surface area contributed by atoms with Crippen molar-refractivity contribution in [3.05, 3.63) is 89.6 Å². The van der Waals surface area contributed by atoms with Gasteiger partial charge in [-0.2, -0.15) is 0 Å². The highest BCUT2D eigenvalue weighted by atomic mass is 32.2. The van der Waals surface area contributed by atoms with Gasteiger partial charge in [0.15, 0.2) is 5.13 Å². The number of thiazole rings is 1. The lowest BCUT2D eigenvalue weighted by Crippen LogP contribution is -2.14. The van der Waals surface area contributed by atoms with Crippen LogP contribution in [0.5, 0.6) is 5.75 Å². The van der Waals surface area contributed by atoms with Crippen molar-refractivity contribution in [1.82, 2.24) is 4.98 Å². The number of methoxy groups -OCH3 is 1. The third-order valence-electron chi connectivity index (χ3n) is 4.70. The van der Waals surface area contributed by atoms with Crippen LogP contribution in [0.15, 0.2) is 83.1 Å². The van der Waals surface area contributed by atoms with Gasteiger partial charge in [0.05, 0.1) is 18.6 Å². The highest BCUT2D eigenvalue weighted by Gasteiger charge is 2.12. The Morgan fingerprint density at radius 2 is 1.82 bits per heavy atom. The van der Waals surface area contributed by atoms with Crippen LogP contribution in [0.3, 0.4) is 0 Å². The van der Waals surface area contributed by atoms with Crippen LogP contribution in [-0.4, -0.2) is 29.7 Å². The number of nitrogens with one attached hydrogen (secondary N) is 2. The molecule has 0 saturated carbocycles. The van der Waals surface area contributed by atoms with Gasteiger partial charge in [0.1, 0.15) is 11.6 Å². The van der Waals surface area contributed by atoms with E-state index in [1.807, 2.05) is 35.7 Å². The predicted molar refractivity (Wildman–Crippen MR) is 134 cm³/mol. The first kappa shape index (κ1) is 23.5. The average molecular weight is 494 g/mol. The molecular formula is C25H20FN3O3S2. The molecule has 0 aliphatic rings. The van der Waals surface area contributed by atoms with E-state index >= 15 is 0 Å². The van der Waals surface area contributed by atoms with Gasteiger partial charge >= 0.3 is 0 Å². The van der Waals surface area contributed by atoms with Crippen LogP contribution in [-0.2, 0) is 4.79 Å². The Bertz CT molecular complexity index is 1310. The fraction of sp³-hybridized carbons (Fsp3) is 0.0800. The number of para-hydroxylation sites is 1. The number of aromatic nitrogens is 1. The molecule has 2 N–H and O–H groups in total. The second-order valence-electron chi connectivity index (χ2n) is 7.06. The van der Waals surface area contributed by atoms with Gasteiger partial charge in [-0.05, 0) is 54.6 Å². The average Bonchev–Trinajstić information content (AvgIpc) is 3.31. The number of thioether (sulfide) groups is 1. The minimum Gasteiger partial charge on any atom is -0.496 e. The van der Waals surface area contributed by atoms with E-state index < -0.39 is 5.82 Å². The maximum absolute atomic E-state index is 13.1. The van der Waals surface area contributed by atoms with E-state index in [-0.39, 0.29) is 17.6 Å². The number of carbonyl (C=O) groups excluding carboxylic acids is 2. The molecule has 0 unspecified atom stereocenters. The summed E-state index contributed by atoms with van der Waals surface area (Å²) < 4.78 is 18.4. The molecule has 3 aromatic carbocycles. The van der Waals surface area contributed by atoms with Gasteiger partial charge in [0.2, 0.25) is 5.91 Å². The first-order valence-electron chi connectivity index (χ1n) is 10.2. The molecule has 172 valence electrons. The van der Waals surface area contributed by atoms with Crippen molar-refractivity contribution in [2.45, 2.75) is 4.90 Å². The Morgan fingerprint density at radius 3 is 2.62 bits per heavy atom. The Labute approximate surface area is 204 Å². The number of hydrogen-bond acceptors (Lipinski definition) is 6. The molecule has 34 heavy (non-hydrogen) atoms. The van der Waals surface area contributed by atoms with E-state index in [0.717, 1.165) is 16.2 Å². The molecule has 0 aliphatic carbocycles. The molecule has 0 spiro atoms. The maximum atomic E-state index is 13.1. The third-order valence-corrected chi connectivity index (χ3v) is 6.45. The number of halogens is 1. The lowest BCUT2D eigenvalue weighted by molar-refractivity contribution is -0.113. The summed E-state index contributed by atoms with van der Waals surface area (Å²) in [4.78, 5) is 30.1. The Kier molecular flexibility index (Phi) is 7.56. The van der Waals surface area contributed by atoms with E-state index in [2.05, 4.69) is 15.6 Å². The zero-order valence-electron chi connectivity index (χ0n) is 18.1. The van der Waals surface area contributed by atoms with Crippen molar-refractivity contribution in [1.29, 1.82) is 0 Å². The highest BCUT2D eigenvalue weighted by Crippen LogP contribution is 2.32. The topological polar surface area (TPSA) is 80.3 Å². The van der Waals surface area contributed by atoms with Crippen LogP contribution in [0.1, 0.15) is 10.4 Å². The number of benzene rings is 3. The van der Waals surface area contributed by atoms with Crippen LogP contribution in [0.25, 0.3) is 11.3 Å². The van der Waals surface area contributed by atoms with Crippen molar-refractivity contribution in [2.75, 3.05) is 23.5 Å². The summed E-state index contributed by atoms with van der Waals surface area (Å²) in [5, 5.41) is 7.97. The first-order chi connectivity index (χ1) is 16.5. The molecule has 6 nitrogen and oxygen atoms in total. The molecule has 0 bridgehead atoms. The summed E-state index contributed by atoms with van der Waals surface area (Å²) >= 11 is 2.68. The van der Waals surface area contributed by atoms with Crippen LogP contribution >= 0.6 is 23.1 Å². The molecule has 0 saturated heterocycles. The summed E-state index contributed by atoms with van der Waals surface area (Å²) in [7, 11) is 1.61. The number of carbonyl (C=O) groups is 2. The molecule has 0 aliphatic heterocycles. The third kappa shape index (κ3) is 6.00. The summed E-state index contributed by atoms with van der Waals surface area (Å²) in [6, 6.07) is 20.1. The van der Waals surface area contributed by atoms with Crippen molar-refractivity contribution >= 4 is 45.7 Å². The maximum Gasteiger partial charge on any atom is 0.255 e. The summed E-state index contributed by atoms with van der Waals surface area (Å²) in [5.41, 5.74) is 2.53. The van der Waals surface area contributed by atoms with E-state index in [9.17, 15) is 14.0 Å². The zero-order chi connectivity index (χ0) is 23.9. The number of hydrogen-bond donors (Lipinski definition) is 2. The number of amides is 2. The van der Waals surface area contributed by atoms with Crippen LogP contribution in [0.2, 0.25) is 0 Å². The van der Waals surface area contributed by atoms with Gasteiger partial charge in [0, 0.05) is 27.1 Å². The molecule has 4 aromatic rings. The van der Waals surface area contributed by atoms with Gasteiger partial charge in [-0.25, -0.2) is 9.37 Å². The molecule has 1 heterocycles. The van der Waals surface area contributed by atoms with Crippen molar-refractivity contribution < 1.29 is 18.7 Å². The van der Waals surface area contributed by atoms with Gasteiger partial charge in [-0.3, -0.25) is 9.59 Å². The number of rotatable bonds is 8. The molecule has 0 atom stereocenters. The Morgan fingerprint density at radius 1 is 1.03 bits per heavy atom. The zero-order valence-corrected chi connectivity index (χ0v) is 19.7. The molecule has 0 radical (unpaired) electrons. The lowest BCUT2D eigenvalue weighted by Gasteiger charge is -2.08. The highest BCUT2D eigenvalue weighted by molar-refractivity contribution is 8.00. The molecular weight excluding hydrogens is 473 g/mol.